The third-order valence-corrected chi connectivity index (χ3v) is 2.33. The van der Waals surface area contributed by atoms with Crippen LogP contribution < -0.4 is 11.1 Å². The SMILES string of the molecule is CCOC1CC(NC(=O)CC(N)=NO)C1. The normalized spacial score (nSPS) is 25.8. The number of nitrogens with one attached hydrogen (secondary N) is 1. The van der Waals surface area contributed by atoms with Gasteiger partial charge in [-0.05, 0) is 19.8 Å². The first-order valence-electron chi connectivity index (χ1n) is 5.03. The van der Waals surface area contributed by atoms with Gasteiger partial charge in [-0.15, -0.1) is 0 Å². The molecule has 6 heteroatoms. The highest BCUT2D eigenvalue weighted by Gasteiger charge is 2.30. The summed E-state index contributed by atoms with van der Waals surface area (Å²) in [6.45, 7) is 2.65. The molecule has 1 aliphatic carbocycles. The van der Waals surface area contributed by atoms with Crippen molar-refractivity contribution >= 4 is 11.7 Å². The van der Waals surface area contributed by atoms with Gasteiger partial charge >= 0.3 is 0 Å². The van der Waals surface area contributed by atoms with E-state index < -0.39 is 0 Å². The first-order valence-corrected chi connectivity index (χ1v) is 5.03. The van der Waals surface area contributed by atoms with Gasteiger partial charge in [0.2, 0.25) is 5.91 Å². The zero-order valence-electron chi connectivity index (χ0n) is 8.77. The van der Waals surface area contributed by atoms with Gasteiger partial charge in [0.25, 0.3) is 0 Å². The number of rotatable bonds is 5. The van der Waals surface area contributed by atoms with Crippen molar-refractivity contribution in [2.45, 2.75) is 38.3 Å². The number of hydrogen-bond donors (Lipinski definition) is 3. The summed E-state index contributed by atoms with van der Waals surface area (Å²) in [7, 11) is 0. The predicted octanol–water partition coefficient (Wildman–Crippen LogP) is -0.193. The van der Waals surface area contributed by atoms with Gasteiger partial charge in [-0.3, -0.25) is 4.79 Å². The van der Waals surface area contributed by atoms with Crippen LogP contribution in [0.25, 0.3) is 0 Å². The molecule has 0 atom stereocenters. The minimum absolute atomic E-state index is 0.0632. The van der Waals surface area contributed by atoms with E-state index in [0.717, 1.165) is 12.8 Å². The van der Waals surface area contributed by atoms with Crippen LogP contribution in [0.2, 0.25) is 0 Å². The number of nitrogens with two attached hydrogens (primary N) is 1. The third kappa shape index (κ3) is 3.75. The Kier molecular flexibility index (Phi) is 4.36. The molecule has 0 aliphatic heterocycles. The van der Waals surface area contributed by atoms with Gasteiger partial charge in [0.05, 0.1) is 12.5 Å². The van der Waals surface area contributed by atoms with Crippen LogP contribution in [-0.2, 0) is 9.53 Å². The van der Waals surface area contributed by atoms with Gasteiger partial charge in [0.15, 0.2) is 0 Å². The van der Waals surface area contributed by atoms with Crippen LogP contribution in [-0.4, -0.2) is 35.7 Å². The monoisotopic (exact) mass is 215 g/mol. The average molecular weight is 215 g/mol. The fourth-order valence-corrected chi connectivity index (χ4v) is 1.53. The molecule has 4 N–H and O–H groups in total. The molecule has 1 rings (SSSR count). The minimum atomic E-state index is -0.217. The Balaban J connectivity index is 2.14. The molecule has 1 fully saturated rings. The number of carbonyl (C=O) groups is 1. The molecule has 0 unspecified atom stereocenters. The Morgan fingerprint density at radius 1 is 1.67 bits per heavy atom. The summed E-state index contributed by atoms with van der Waals surface area (Å²) in [6, 6.07) is 0.167. The van der Waals surface area contributed by atoms with E-state index in [4.69, 9.17) is 15.7 Å². The number of ether oxygens (including phenoxy) is 1. The summed E-state index contributed by atoms with van der Waals surface area (Å²) < 4.78 is 5.35. The van der Waals surface area contributed by atoms with Crippen molar-refractivity contribution in [2.75, 3.05) is 6.61 Å². The van der Waals surface area contributed by atoms with E-state index in [1.165, 1.54) is 0 Å². The van der Waals surface area contributed by atoms with Crippen LogP contribution in [0.4, 0.5) is 0 Å². The molecule has 86 valence electrons. The zero-order chi connectivity index (χ0) is 11.3. The van der Waals surface area contributed by atoms with E-state index in [1.807, 2.05) is 6.92 Å². The van der Waals surface area contributed by atoms with E-state index in [-0.39, 0.29) is 30.3 Å². The Morgan fingerprint density at radius 3 is 2.87 bits per heavy atom. The highest BCUT2D eigenvalue weighted by molar-refractivity contribution is 5.98. The Bertz CT molecular complexity index is 249. The first-order chi connectivity index (χ1) is 7.15. The lowest BCUT2D eigenvalue weighted by molar-refractivity contribution is -0.122. The molecule has 1 saturated carbocycles. The number of oxime groups is 1. The van der Waals surface area contributed by atoms with Gasteiger partial charge < -0.3 is 21.0 Å². The van der Waals surface area contributed by atoms with Gasteiger partial charge in [0, 0.05) is 12.6 Å². The second-order valence-corrected chi connectivity index (χ2v) is 3.58. The predicted molar refractivity (Wildman–Crippen MR) is 54.6 cm³/mol. The van der Waals surface area contributed by atoms with Crippen LogP contribution in [0.3, 0.4) is 0 Å². The lowest BCUT2D eigenvalue weighted by Gasteiger charge is -2.35. The van der Waals surface area contributed by atoms with E-state index in [9.17, 15) is 4.79 Å². The summed E-state index contributed by atoms with van der Waals surface area (Å²) in [5.41, 5.74) is 5.20. The largest absolute Gasteiger partial charge is 0.409 e. The van der Waals surface area contributed by atoms with Crippen molar-refractivity contribution in [1.29, 1.82) is 0 Å². The number of carbonyl (C=O) groups excluding carboxylic acids is 1. The van der Waals surface area contributed by atoms with Crippen LogP contribution in [0.5, 0.6) is 0 Å². The van der Waals surface area contributed by atoms with Crippen molar-refractivity contribution in [3.63, 3.8) is 0 Å². The molecule has 0 aromatic rings. The molecule has 1 aliphatic rings. The van der Waals surface area contributed by atoms with Crippen molar-refractivity contribution < 1.29 is 14.7 Å². The van der Waals surface area contributed by atoms with Gasteiger partial charge in [-0.2, -0.15) is 0 Å². The van der Waals surface area contributed by atoms with Crippen molar-refractivity contribution in [3.8, 4) is 0 Å². The maximum Gasteiger partial charge on any atom is 0.227 e. The maximum atomic E-state index is 11.3. The highest BCUT2D eigenvalue weighted by Crippen LogP contribution is 2.23. The molecule has 0 bridgehead atoms. The standard InChI is InChI=1S/C9H17N3O3/c1-2-15-7-3-6(4-7)11-9(13)5-8(10)12-14/h6-7,14H,2-5H2,1H3,(H2,10,12)(H,11,13). The maximum absolute atomic E-state index is 11.3. The quantitative estimate of drug-likeness (QED) is 0.256. The molecule has 0 aromatic heterocycles. The molecule has 0 radical (unpaired) electrons. The second-order valence-electron chi connectivity index (χ2n) is 3.58. The van der Waals surface area contributed by atoms with Crippen LogP contribution in [0.15, 0.2) is 5.16 Å². The topological polar surface area (TPSA) is 96.9 Å². The van der Waals surface area contributed by atoms with E-state index in [0.29, 0.717) is 6.61 Å². The number of nitrogens with zero attached hydrogens (tertiary/aromatic N) is 1. The zero-order valence-corrected chi connectivity index (χ0v) is 8.77. The Morgan fingerprint density at radius 2 is 2.33 bits per heavy atom. The molecule has 15 heavy (non-hydrogen) atoms. The summed E-state index contributed by atoms with van der Waals surface area (Å²) in [5, 5.41) is 13.8. The van der Waals surface area contributed by atoms with E-state index in [2.05, 4.69) is 10.5 Å². The fraction of sp³-hybridized carbons (Fsp3) is 0.778. The van der Waals surface area contributed by atoms with Gasteiger partial charge in [-0.25, -0.2) is 0 Å². The van der Waals surface area contributed by atoms with Crippen LogP contribution in [0.1, 0.15) is 26.2 Å². The molecule has 0 saturated heterocycles. The minimum Gasteiger partial charge on any atom is -0.409 e. The fourth-order valence-electron chi connectivity index (χ4n) is 1.53. The van der Waals surface area contributed by atoms with E-state index >= 15 is 0 Å². The lowest BCUT2D eigenvalue weighted by atomic mass is 9.89. The number of hydrogen-bond acceptors (Lipinski definition) is 4. The van der Waals surface area contributed by atoms with Crippen LogP contribution in [0, 0.1) is 0 Å². The first kappa shape index (κ1) is 11.8. The average Bonchev–Trinajstić information content (AvgIpc) is 2.14. The summed E-state index contributed by atoms with van der Waals surface area (Å²) in [4.78, 5) is 11.3. The summed E-state index contributed by atoms with van der Waals surface area (Å²) in [6.07, 6.45) is 1.89. The lowest BCUT2D eigenvalue weighted by Crippen LogP contribution is -2.48. The molecule has 0 aromatic carbocycles. The van der Waals surface area contributed by atoms with Crippen molar-refractivity contribution in [1.82, 2.24) is 5.32 Å². The molecule has 0 spiro atoms. The van der Waals surface area contributed by atoms with Crippen molar-refractivity contribution in [3.05, 3.63) is 0 Å². The Hall–Kier alpha value is -1.30. The third-order valence-electron chi connectivity index (χ3n) is 2.33. The van der Waals surface area contributed by atoms with Crippen LogP contribution >= 0.6 is 0 Å². The van der Waals surface area contributed by atoms with Gasteiger partial charge in [0.1, 0.15) is 5.84 Å². The van der Waals surface area contributed by atoms with E-state index in [1.54, 1.807) is 0 Å². The van der Waals surface area contributed by atoms with Crippen molar-refractivity contribution in [2.24, 2.45) is 10.9 Å². The number of amides is 1. The molecular weight excluding hydrogens is 198 g/mol. The Labute approximate surface area is 88.5 Å². The smallest absolute Gasteiger partial charge is 0.227 e. The molecule has 6 nitrogen and oxygen atoms in total. The summed E-state index contributed by atoms with van der Waals surface area (Å²) >= 11 is 0. The molecule has 0 heterocycles. The summed E-state index contributed by atoms with van der Waals surface area (Å²) in [5.74, 6) is -0.293. The number of amidine groups is 1. The highest BCUT2D eigenvalue weighted by atomic mass is 16.5. The second kappa shape index (κ2) is 5.55. The van der Waals surface area contributed by atoms with Gasteiger partial charge in [-0.1, -0.05) is 5.16 Å². The molecule has 1 amide bonds. The molecular formula is C9H17N3O3.